The average Bonchev–Trinajstić information content (AvgIpc) is 2.55. The zero-order valence-corrected chi connectivity index (χ0v) is 7.86. The molecule has 0 atom stereocenters. The van der Waals surface area contributed by atoms with Crippen molar-refractivity contribution >= 4 is 5.91 Å². The van der Waals surface area contributed by atoms with Gasteiger partial charge in [-0.25, -0.2) is 0 Å². The summed E-state index contributed by atoms with van der Waals surface area (Å²) in [5, 5.41) is 0. The molecular formula is C8H16N2O3. The molecule has 0 aromatic rings. The first-order valence-corrected chi connectivity index (χ1v) is 4.46. The van der Waals surface area contributed by atoms with Gasteiger partial charge in [-0.3, -0.25) is 9.69 Å². The largest absolute Gasteiger partial charge is 0.369 e. The molecule has 0 bridgehead atoms. The minimum atomic E-state index is -0.320. The van der Waals surface area contributed by atoms with E-state index in [1.807, 2.05) is 11.8 Å². The second-order valence-electron chi connectivity index (χ2n) is 2.97. The minimum absolute atomic E-state index is 0.195. The van der Waals surface area contributed by atoms with Crippen LogP contribution in [0.3, 0.4) is 0 Å². The number of amides is 1. The van der Waals surface area contributed by atoms with Gasteiger partial charge in [-0.2, -0.15) is 0 Å². The molecule has 0 saturated carbocycles. The molecule has 1 saturated heterocycles. The Morgan fingerprint density at radius 1 is 1.54 bits per heavy atom. The first-order chi connectivity index (χ1) is 6.22. The van der Waals surface area contributed by atoms with Crippen LogP contribution in [0.4, 0.5) is 0 Å². The lowest BCUT2D eigenvalue weighted by Gasteiger charge is -2.21. The van der Waals surface area contributed by atoms with Gasteiger partial charge in [0.05, 0.1) is 26.3 Å². The highest BCUT2D eigenvalue weighted by molar-refractivity contribution is 5.75. The van der Waals surface area contributed by atoms with Crippen LogP contribution < -0.4 is 5.73 Å². The fourth-order valence-electron chi connectivity index (χ4n) is 1.25. The van der Waals surface area contributed by atoms with Crippen LogP contribution in [-0.4, -0.2) is 49.9 Å². The van der Waals surface area contributed by atoms with Crippen LogP contribution in [0.15, 0.2) is 0 Å². The third kappa shape index (κ3) is 3.71. The fourth-order valence-corrected chi connectivity index (χ4v) is 1.25. The van der Waals surface area contributed by atoms with E-state index in [1.165, 1.54) is 0 Å². The lowest BCUT2D eigenvalue weighted by molar-refractivity contribution is -0.120. The van der Waals surface area contributed by atoms with E-state index in [-0.39, 0.29) is 18.7 Å². The summed E-state index contributed by atoms with van der Waals surface area (Å²) < 4.78 is 10.5. The molecule has 2 N–H and O–H groups in total. The molecule has 1 aliphatic rings. The standard InChI is InChI=1S/C8H16N2O3/c1-2-10(5-7(9)11)6-8-12-3-4-13-8/h8H,2-6H2,1H3,(H2,9,11). The number of nitrogens with zero attached hydrogens (tertiary/aromatic N) is 1. The van der Waals surface area contributed by atoms with Gasteiger partial charge in [0, 0.05) is 0 Å². The van der Waals surface area contributed by atoms with E-state index in [2.05, 4.69) is 0 Å². The topological polar surface area (TPSA) is 64.8 Å². The number of likely N-dealkylation sites (N-methyl/N-ethyl adjacent to an activating group) is 1. The van der Waals surface area contributed by atoms with Crippen LogP contribution in [0.5, 0.6) is 0 Å². The molecule has 1 heterocycles. The van der Waals surface area contributed by atoms with Crippen LogP contribution in [0.2, 0.25) is 0 Å². The van der Waals surface area contributed by atoms with E-state index >= 15 is 0 Å². The van der Waals surface area contributed by atoms with Crippen LogP contribution in [0, 0.1) is 0 Å². The molecule has 0 radical (unpaired) electrons. The maximum Gasteiger partial charge on any atom is 0.231 e. The molecule has 76 valence electrons. The number of rotatable bonds is 5. The van der Waals surface area contributed by atoms with Crippen molar-refractivity contribution in [3.8, 4) is 0 Å². The third-order valence-electron chi connectivity index (χ3n) is 1.92. The Morgan fingerprint density at radius 2 is 2.15 bits per heavy atom. The number of ether oxygens (including phenoxy) is 2. The first-order valence-electron chi connectivity index (χ1n) is 4.46. The van der Waals surface area contributed by atoms with E-state index in [0.29, 0.717) is 19.8 Å². The minimum Gasteiger partial charge on any atom is -0.369 e. The summed E-state index contributed by atoms with van der Waals surface area (Å²) in [7, 11) is 0. The van der Waals surface area contributed by atoms with Gasteiger partial charge in [-0.05, 0) is 6.54 Å². The van der Waals surface area contributed by atoms with Crippen LogP contribution in [-0.2, 0) is 14.3 Å². The summed E-state index contributed by atoms with van der Waals surface area (Å²) in [6.07, 6.45) is -0.195. The van der Waals surface area contributed by atoms with E-state index in [1.54, 1.807) is 0 Å². The fraction of sp³-hybridized carbons (Fsp3) is 0.875. The molecular weight excluding hydrogens is 172 g/mol. The van der Waals surface area contributed by atoms with Crippen molar-refractivity contribution in [3.05, 3.63) is 0 Å². The van der Waals surface area contributed by atoms with E-state index in [4.69, 9.17) is 15.2 Å². The maximum atomic E-state index is 10.6. The van der Waals surface area contributed by atoms with E-state index in [0.717, 1.165) is 6.54 Å². The molecule has 0 aromatic carbocycles. The number of carbonyl (C=O) groups is 1. The Labute approximate surface area is 77.8 Å². The predicted octanol–water partition coefficient (Wildman–Crippen LogP) is -0.833. The molecule has 0 aliphatic carbocycles. The Bertz CT molecular complexity index is 169. The Morgan fingerprint density at radius 3 is 2.62 bits per heavy atom. The molecule has 5 heteroatoms. The number of carbonyl (C=O) groups excluding carboxylic acids is 1. The molecule has 1 fully saturated rings. The van der Waals surface area contributed by atoms with Gasteiger partial charge in [-0.15, -0.1) is 0 Å². The molecule has 0 aromatic heterocycles. The van der Waals surface area contributed by atoms with Crippen LogP contribution >= 0.6 is 0 Å². The number of nitrogens with two attached hydrogens (primary N) is 1. The SMILES string of the molecule is CCN(CC(N)=O)CC1OCCO1. The molecule has 1 aliphatic heterocycles. The zero-order chi connectivity index (χ0) is 9.68. The highest BCUT2D eigenvalue weighted by Crippen LogP contribution is 2.05. The summed E-state index contributed by atoms with van der Waals surface area (Å²) >= 11 is 0. The predicted molar refractivity (Wildman–Crippen MR) is 47.0 cm³/mol. The van der Waals surface area contributed by atoms with Crippen molar-refractivity contribution in [1.29, 1.82) is 0 Å². The highest BCUT2D eigenvalue weighted by Gasteiger charge is 2.19. The second kappa shape index (κ2) is 5.16. The van der Waals surface area contributed by atoms with Gasteiger partial charge < -0.3 is 15.2 Å². The number of primary amides is 1. The van der Waals surface area contributed by atoms with Crippen molar-refractivity contribution in [2.24, 2.45) is 5.73 Å². The molecule has 13 heavy (non-hydrogen) atoms. The molecule has 1 amide bonds. The number of hydrogen-bond donors (Lipinski definition) is 1. The molecule has 1 rings (SSSR count). The van der Waals surface area contributed by atoms with Crippen molar-refractivity contribution in [2.75, 3.05) is 32.8 Å². The lowest BCUT2D eigenvalue weighted by Crippen LogP contribution is -2.38. The normalized spacial score (nSPS) is 18.3. The molecule has 0 spiro atoms. The van der Waals surface area contributed by atoms with Gasteiger partial charge >= 0.3 is 0 Å². The quantitative estimate of drug-likeness (QED) is 0.611. The summed E-state index contributed by atoms with van der Waals surface area (Å²) in [5.74, 6) is -0.320. The molecule has 0 unspecified atom stereocenters. The smallest absolute Gasteiger partial charge is 0.231 e. The highest BCUT2D eigenvalue weighted by atomic mass is 16.7. The van der Waals surface area contributed by atoms with Gasteiger partial charge in [0.1, 0.15) is 0 Å². The molecule has 5 nitrogen and oxygen atoms in total. The monoisotopic (exact) mass is 188 g/mol. The van der Waals surface area contributed by atoms with Gasteiger partial charge in [-0.1, -0.05) is 6.92 Å². The lowest BCUT2D eigenvalue weighted by atomic mass is 10.4. The van der Waals surface area contributed by atoms with Crippen molar-refractivity contribution in [3.63, 3.8) is 0 Å². The van der Waals surface area contributed by atoms with Crippen molar-refractivity contribution < 1.29 is 14.3 Å². The van der Waals surface area contributed by atoms with Gasteiger partial charge in [0.2, 0.25) is 5.91 Å². The Hall–Kier alpha value is -0.650. The maximum absolute atomic E-state index is 10.6. The van der Waals surface area contributed by atoms with Crippen molar-refractivity contribution in [1.82, 2.24) is 4.90 Å². The Balaban J connectivity index is 2.25. The summed E-state index contributed by atoms with van der Waals surface area (Å²) in [4.78, 5) is 12.5. The van der Waals surface area contributed by atoms with E-state index < -0.39 is 0 Å². The van der Waals surface area contributed by atoms with Crippen LogP contribution in [0.1, 0.15) is 6.92 Å². The summed E-state index contributed by atoms with van der Waals surface area (Å²) in [6.45, 7) is 4.89. The first kappa shape index (κ1) is 10.4. The second-order valence-corrected chi connectivity index (χ2v) is 2.97. The van der Waals surface area contributed by atoms with Crippen LogP contribution in [0.25, 0.3) is 0 Å². The summed E-state index contributed by atoms with van der Waals surface area (Å²) in [5.41, 5.74) is 5.08. The average molecular weight is 188 g/mol. The third-order valence-corrected chi connectivity index (χ3v) is 1.92. The number of hydrogen-bond acceptors (Lipinski definition) is 4. The van der Waals surface area contributed by atoms with E-state index in [9.17, 15) is 4.79 Å². The summed E-state index contributed by atoms with van der Waals surface area (Å²) in [6, 6.07) is 0. The van der Waals surface area contributed by atoms with Crippen molar-refractivity contribution in [2.45, 2.75) is 13.2 Å². The zero-order valence-electron chi connectivity index (χ0n) is 7.86. The van der Waals surface area contributed by atoms with Gasteiger partial charge in [0.15, 0.2) is 6.29 Å². The Kier molecular flexibility index (Phi) is 4.14. The van der Waals surface area contributed by atoms with Gasteiger partial charge in [0.25, 0.3) is 0 Å².